The molecule has 1 aliphatic carbocycles. The van der Waals surface area contributed by atoms with Crippen LogP contribution >= 0.6 is 0 Å². The standard InChI is InChI=1S/C25H42N4O14/c1-8(33)26-14-17(36)16(35)11(6-31)39-23(14)42-22-12(7-32)40-24(15(19(22)38)27-9(2)34)41-21-10(5-30)20-13(18(21)37)28-25(43-20)29(3)4/h10-24,30-32,35-38H,5-7H2,1-4H3,(H,26,33)(H,27,34)/t10-,11?,12?,13+,14?,15?,16?,17?,18-,19?,20-,21+,22?,23?,24?/m1/s1. The normalized spacial score (nSPS) is 44.3. The predicted molar refractivity (Wildman–Crippen MR) is 141 cm³/mol. The zero-order valence-corrected chi connectivity index (χ0v) is 24.2. The van der Waals surface area contributed by atoms with E-state index in [-0.39, 0.29) is 6.02 Å². The van der Waals surface area contributed by atoms with Gasteiger partial charge in [0.1, 0.15) is 67.0 Å². The van der Waals surface area contributed by atoms with Crippen LogP contribution in [0.4, 0.5) is 0 Å². The molecule has 3 aliphatic heterocycles. The number of carbonyl (C=O) groups excluding carboxylic acids is 2. The second-order valence-electron chi connectivity index (χ2n) is 11.3. The number of aliphatic hydroxyl groups excluding tert-OH is 7. The van der Waals surface area contributed by atoms with E-state index in [9.17, 15) is 45.3 Å². The number of amidine groups is 1. The highest BCUT2D eigenvalue weighted by atomic mass is 16.7. The highest BCUT2D eigenvalue weighted by Gasteiger charge is 2.58. The number of ether oxygens (including phenoxy) is 5. The van der Waals surface area contributed by atoms with E-state index >= 15 is 0 Å². The Morgan fingerprint density at radius 3 is 1.84 bits per heavy atom. The topological polar surface area (TPSA) is 262 Å². The number of rotatable bonds is 9. The van der Waals surface area contributed by atoms with Gasteiger partial charge in [0, 0.05) is 27.9 Å². The van der Waals surface area contributed by atoms with Gasteiger partial charge in [-0.05, 0) is 0 Å². The van der Waals surface area contributed by atoms with Gasteiger partial charge in [-0.25, -0.2) is 4.99 Å². The molecular formula is C25H42N4O14. The predicted octanol–water partition coefficient (Wildman–Crippen LogP) is -6.05. The molecule has 18 heteroatoms. The molecule has 4 aliphatic rings. The Bertz CT molecular complexity index is 1020. The largest absolute Gasteiger partial charge is 0.459 e. The first-order chi connectivity index (χ1) is 20.3. The number of fused-ring (bicyclic) bond motifs is 1. The molecule has 0 aromatic heterocycles. The van der Waals surface area contributed by atoms with Gasteiger partial charge in [0.15, 0.2) is 12.6 Å². The van der Waals surface area contributed by atoms with Crippen LogP contribution in [0.25, 0.3) is 0 Å². The van der Waals surface area contributed by atoms with Gasteiger partial charge in [-0.3, -0.25) is 9.59 Å². The molecule has 246 valence electrons. The van der Waals surface area contributed by atoms with Crippen molar-refractivity contribution in [3.8, 4) is 0 Å². The smallest absolute Gasteiger partial charge is 0.287 e. The van der Waals surface area contributed by atoms with E-state index in [1.54, 1.807) is 19.0 Å². The number of hydrogen-bond acceptors (Lipinski definition) is 16. The molecule has 1 saturated carbocycles. The van der Waals surface area contributed by atoms with E-state index in [0.717, 1.165) is 6.92 Å². The van der Waals surface area contributed by atoms with Crippen molar-refractivity contribution in [1.29, 1.82) is 0 Å². The summed E-state index contributed by atoms with van der Waals surface area (Å²) in [5.74, 6) is -1.99. The molecule has 0 aromatic rings. The van der Waals surface area contributed by atoms with Crippen LogP contribution in [-0.2, 0) is 33.3 Å². The van der Waals surface area contributed by atoms with Gasteiger partial charge in [0.2, 0.25) is 11.8 Å². The first-order valence-electron chi connectivity index (χ1n) is 14.0. The van der Waals surface area contributed by atoms with Crippen molar-refractivity contribution in [2.75, 3.05) is 33.9 Å². The number of aliphatic hydroxyl groups is 7. The SMILES string of the molecule is CC(=O)NC1C(OC2C(CO)OC(O[C@@H]3[C@H](O)[C@@H]4N=C(N(C)C)O[C@@H]4[C@H]3CO)C(NC(C)=O)C2O)OC(CO)C(O)C1O. The van der Waals surface area contributed by atoms with Gasteiger partial charge in [0.05, 0.1) is 31.8 Å². The first-order valence-corrected chi connectivity index (χ1v) is 14.0. The maximum absolute atomic E-state index is 12.2. The Hall–Kier alpha value is -2.23. The summed E-state index contributed by atoms with van der Waals surface area (Å²) in [5.41, 5.74) is 0. The van der Waals surface area contributed by atoms with Crippen LogP contribution in [0, 0.1) is 5.92 Å². The molecule has 18 nitrogen and oxygen atoms in total. The highest BCUT2D eigenvalue weighted by molar-refractivity contribution is 5.76. The quantitative estimate of drug-likeness (QED) is 0.116. The second-order valence-corrected chi connectivity index (χ2v) is 11.3. The van der Waals surface area contributed by atoms with Crippen molar-refractivity contribution < 1.29 is 69.0 Å². The van der Waals surface area contributed by atoms with E-state index in [2.05, 4.69) is 15.6 Å². The van der Waals surface area contributed by atoms with Gasteiger partial charge < -0.3 is 75.0 Å². The van der Waals surface area contributed by atoms with Crippen LogP contribution < -0.4 is 10.6 Å². The van der Waals surface area contributed by atoms with Crippen LogP contribution in [0.3, 0.4) is 0 Å². The van der Waals surface area contributed by atoms with Crippen molar-refractivity contribution in [2.45, 2.75) is 99.5 Å². The molecule has 0 aromatic carbocycles. The zero-order chi connectivity index (χ0) is 31.7. The fraction of sp³-hybridized carbons (Fsp3) is 0.880. The van der Waals surface area contributed by atoms with E-state index in [1.165, 1.54) is 6.92 Å². The van der Waals surface area contributed by atoms with Gasteiger partial charge in [0.25, 0.3) is 6.02 Å². The molecule has 2 amide bonds. The monoisotopic (exact) mass is 622 g/mol. The summed E-state index contributed by atoms with van der Waals surface area (Å²) in [4.78, 5) is 30.0. The molecule has 3 fully saturated rings. The third-order valence-electron chi connectivity index (χ3n) is 8.02. The number of carbonyl (C=O) groups is 2. The summed E-state index contributed by atoms with van der Waals surface area (Å²) in [6.45, 7) is 0.403. The molecule has 43 heavy (non-hydrogen) atoms. The maximum atomic E-state index is 12.2. The van der Waals surface area contributed by atoms with Crippen molar-refractivity contribution in [3.63, 3.8) is 0 Å². The molecule has 9 N–H and O–H groups in total. The van der Waals surface area contributed by atoms with Crippen LogP contribution in [-0.4, -0.2) is 178 Å². The summed E-state index contributed by atoms with van der Waals surface area (Å²) in [6.07, 6.45) is -15.2. The number of nitrogens with one attached hydrogen (secondary N) is 2. The van der Waals surface area contributed by atoms with Gasteiger partial charge >= 0.3 is 0 Å². The number of nitrogens with zero attached hydrogens (tertiary/aromatic N) is 2. The number of amides is 2. The molecule has 0 radical (unpaired) electrons. The third kappa shape index (κ3) is 6.74. The Labute approximate surface area is 247 Å². The second kappa shape index (κ2) is 13.8. The molecule has 3 heterocycles. The summed E-state index contributed by atoms with van der Waals surface area (Å²) in [7, 11) is 3.42. The van der Waals surface area contributed by atoms with Crippen LogP contribution in [0.15, 0.2) is 4.99 Å². The molecule has 10 unspecified atom stereocenters. The highest BCUT2D eigenvalue weighted by Crippen LogP contribution is 2.39. The fourth-order valence-corrected chi connectivity index (χ4v) is 5.91. The van der Waals surface area contributed by atoms with Crippen LogP contribution in [0.2, 0.25) is 0 Å². The average Bonchev–Trinajstić information content (AvgIpc) is 3.49. The van der Waals surface area contributed by atoms with E-state index in [0.29, 0.717) is 0 Å². The van der Waals surface area contributed by atoms with Gasteiger partial charge in [-0.2, -0.15) is 0 Å². The van der Waals surface area contributed by atoms with Crippen LogP contribution in [0.5, 0.6) is 0 Å². The molecule has 4 rings (SSSR count). The van der Waals surface area contributed by atoms with E-state index in [4.69, 9.17) is 23.7 Å². The van der Waals surface area contributed by atoms with Gasteiger partial charge in [-0.1, -0.05) is 0 Å². The molecular weight excluding hydrogens is 580 g/mol. The third-order valence-corrected chi connectivity index (χ3v) is 8.02. The Kier molecular flexibility index (Phi) is 10.8. The van der Waals surface area contributed by atoms with Crippen molar-refractivity contribution >= 4 is 17.8 Å². The lowest BCUT2D eigenvalue weighted by molar-refractivity contribution is -0.339. The lowest BCUT2D eigenvalue weighted by atomic mass is 9.94. The zero-order valence-electron chi connectivity index (χ0n) is 24.2. The summed E-state index contributed by atoms with van der Waals surface area (Å²) in [6, 6.07) is -3.21. The molecule has 0 spiro atoms. The van der Waals surface area contributed by atoms with Crippen molar-refractivity contribution in [2.24, 2.45) is 10.9 Å². The van der Waals surface area contributed by atoms with Gasteiger partial charge in [-0.15, -0.1) is 0 Å². The number of hydrogen-bond donors (Lipinski definition) is 9. The molecule has 15 atom stereocenters. The lowest BCUT2D eigenvalue weighted by Crippen LogP contribution is -2.69. The van der Waals surface area contributed by atoms with E-state index in [1.807, 2.05) is 0 Å². The lowest BCUT2D eigenvalue weighted by Gasteiger charge is -2.48. The average molecular weight is 623 g/mol. The summed E-state index contributed by atoms with van der Waals surface area (Å²) in [5, 5.41) is 78.3. The Morgan fingerprint density at radius 1 is 0.791 bits per heavy atom. The minimum Gasteiger partial charge on any atom is -0.459 e. The van der Waals surface area contributed by atoms with E-state index < -0.39 is 123 Å². The molecule has 0 bridgehead atoms. The minimum absolute atomic E-state index is 0.273. The minimum atomic E-state index is -1.67. The fourth-order valence-electron chi connectivity index (χ4n) is 5.91. The summed E-state index contributed by atoms with van der Waals surface area (Å²) >= 11 is 0. The van der Waals surface area contributed by atoms with Crippen LogP contribution in [0.1, 0.15) is 13.8 Å². The maximum Gasteiger partial charge on any atom is 0.287 e. The molecule has 2 saturated heterocycles. The first kappa shape index (κ1) is 33.7. The Balaban J connectivity index is 1.57. The Morgan fingerprint density at radius 2 is 1.33 bits per heavy atom. The van der Waals surface area contributed by atoms with Crippen molar-refractivity contribution in [1.82, 2.24) is 15.5 Å². The van der Waals surface area contributed by atoms with Crippen molar-refractivity contribution in [3.05, 3.63) is 0 Å². The summed E-state index contributed by atoms with van der Waals surface area (Å²) < 4.78 is 29.3. The number of aliphatic imine (C=N–C) groups is 1.